The van der Waals surface area contributed by atoms with Gasteiger partial charge < -0.3 is 10.2 Å². The quantitative estimate of drug-likeness (QED) is 0.607. The number of hydrogen-bond acceptors (Lipinski definition) is 4. The largest absolute Gasteiger partial charge is 0.356 e. The van der Waals surface area contributed by atoms with Gasteiger partial charge in [-0.1, -0.05) is 60.7 Å². The Labute approximate surface area is 178 Å². The van der Waals surface area contributed by atoms with Crippen LogP contribution >= 0.6 is 0 Å². The van der Waals surface area contributed by atoms with E-state index in [1.807, 2.05) is 36.7 Å². The smallest absolute Gasteiger partial charge is 0.225 e. The van der Waals surface area contributed by atoms with Gasteiger partial charge in [-0.3, -0.25) is 4.79 Å². The Bertz CT molecular complexity index is 928. The standard InChI is InChI=1S/C25H28N4O/c30-24(26-15-7-11-20-9-3-1-4-10-20)22-14-8-16-29(19-22)25-27-17-23(18-28-25)21-12-5-2-6-13-21/h1-6,9-10,12-13,17-18,22H,7-8,11,14-16,19H2,(H,26,30)/t22-/m0/s1. The molecule has 0 saturated carbocycles. The van der Waals surface area contributed by atoms with Gasteiger partial charge in [0.2, 0.25) is 11.9 Å². The van der Waals surface area contributed by atoms with Crippen LogP contribution in [0.4, 0.5) is 5.95 Å². The fraction of sp³-hybridized carbons (Fsp3) is 0.320. The molecule has 1 aromatic heterocycles. The summed E-state index contributed by atoms with van der Waals surface area (Å²) in [5, 5.41) is 3.12. The van der Waals surface area contributed by atoms with Crippen molar-refractivity contribution in [3.8, 4) is 11.1 Å². The van der Waals surface area contributed by atoms with Crippen molar-refractivity contribution in [2.24, 2.45) is 5.92 Å². The summed E-state index contributed by atoms with van der Waals surface area (Å²) in [6.07, 6.45) is 7.57. The fourth-order valence-electron chi connectivity index (χ4n) is 3.93. The van der Waals surface area contributed by atoms with Crippen molar-refractivity contribution in [2.45, 2.75) is 25.7 Å². The fourth-order valence-corrected chi connectivity index (χ4v) is 3.93. The van der Waals surface area contributed by atoms with E-state index < -0.39 is 0 Å². The number of anilines is 1. The first-order valence-electron chi connectivity index (χ1n) is 10.7. The third-order valence-corrected chi connectivity index (χ3v) is 5.60. The number of carbonyl (C=O) groups is 1. The molecule has 1 amide bonds. The van der Waals surface area contributed by atoms with Crippen molar-refractivity contribution in [1.82, 2.24) is 15.3 Å². The molecular weight excluding hydrogens is 372 g/mol. The highest BCUT2D eigenvalue weighted by Gasteiger charge is 2.26. The Balaban J connectivity index is 1.28. The average molecular weight is 401 g/mol. The van der Waals surface area contributed by atoms with Gasteiger partial charge in [-0.25, -0.2) is 9.97 Å². The monoisotopic (exact) mass is 400 g/mol. The number of rotatable bonds is 7. The van der Waals surface area contributed by atoms with Crippen molar-refractivity contribution in [2.75, 3.05) is 24.5 Å². The molecule has 30 heavy (non-hydrogen) atoms. The summed E-state index contributed by atoms with van der Waals surface area (Å²) in [7, 11) is 0. The lowest BCUT2D eigenvalue weighted by atomic mass is 9.97. The van der Waals surface area contributed by atoms with E-state index in [4.69, 9.17) is 0 Å². The summed E-state index contributed by atoms with van der Waals surface area (Å²) in [5.74, 6) is 0.845. The maximum atomic E-state index is 12.6. The van der Waals surface area contributed by atoms with Crippen LogP contribution < -0.4 is 10.2 Å². The van der Waals surface area contributed by atoms with E-state index in [-0.39, 0.29) is 11.8 Å². The minimum absolute atomic E-state index is 0.00660. The Morgan fingerprint density at radius 2 is 1.67 bits per heavy atom. The molecule has 5 nitrogen and oxygen atoms in total. The summed E-state index contributed by atoms with van der Waals surface area (Å²) in [5.41, 5.74) is 3.42. The Morgan fingerprint density at radius 3 is 2.40 bits per heavy atom. The number of nitrogens with one attached hydrogen (secondary N) is 1. The molecule has 1 aliphatic rings. The van der Waals surface area contributed by atoms with Gasteiger partial charge >= 0.3 is 0 Å². The van der Waals surface area contributed by atoms with Crippen molar-refractivity contribution in [3.05, 3.63) is 78.6 Å². The zero-order chi connectivity index (χ0) is 20.6. The first kappa shape index (κ1) is 20.1. The molecule has 0 bridgehead atoms. The van der Waals surface area contributed by atoms with Crippen LogP contribution in [-0.2, 0) is 11.2 Å². The number of amides is 1. The van der Waals surface area contributed by atoms with Gasteiger partial charge in [0.25, 0.3) is 0 Å². The lowest BCUT2D eigenvalue weighted by molar-refractivity contribution is -0.125. The normalized spacial score (nSPS) is 16.3. The Morgan fingerprint density at radius 1 is 0.967 bits per heavy atom. The van der Waals surface area contributed by atoms with Gasteiger partial charge in [-0.2, -0.15) is 0 Å². The van der Waals surface area contributed by atoms with Crippen LogP contribution in [0, 0.1) is 5.92 Å². The van der Waals surface area contributed by atoms with Gasteiger partial charge in [0.1, 0.15) is 0 Å². The number of piperidine rings is 1. The van der Waals surface area contributed by atoms with Crippen molar-refractivity contribution in [3.63, 3.8) is 0 Å². The topological polar surface area (TPSA) is 58.1 Å². The zero-order valence-corrected chi connectivity index (χ0v) is 17.2. The number of aryl methyl sites for hydroxylation is 1. The maximum absolute atomic E-state index is 12.6. The van der Waals surface area contributed by atoms with Crippen LogP contribution in [0.3, 0.4) is 0 Å². The number of benzene rings is 2. The molecule has 0 spiro atoms. The van der Waals surface area contributed by atoms with E-state index in [1.165, 1.54) is 5.56 Å². The third kappa shape index (κ3) is 5.23. The molecule has 0 unspecified atom stereocenters. The lowest BCUT2D eigenvalue weighted by Crippen LogP contribution is -2.44. The summed E-state index contributed by atoms with van der Waals surface area (Å²) in [6.45, 7) is 2.28. The second kappa shape index (κ2) is 10.0. The molecule has 2 heterocycles. The van der Waals surface area contributed by atoms with E-state index in [0.717, 1.165) is 43.4 Å². The van der Waals surface area contributed by atoms with E-state index in [1.54, 1.807) is 0 Å². The molecule has 2 aromatic carbocycles. The minimum Gasteiger partial charge on any atom is -0.356 e. The summed E-state index contributed by atoms with van der Waals surface area (Å²) in [6, 6.07) is 20.5. The van der Waals surface area contributed by atoms with E-state index in [0.29, 0.717) is 19.0 Å². The molecule has 3 aromatic rings. The molecule has 1 N–H and O–H groups in total. The lowest BCUT2D eigenvalue weighted by Gasteiger charge is -2.32. The number of hydrogen-bond donors (Lipinski definition) is 1. The number of aromatic nitrogens is 2. The van der Waals surface area contributed by atoms with Crippen LogP contribution in [0.2, 0.25) is 0 Å². The zero-order valence-electron chi connectivity index (χ0n) is 17.2. The summed E-state index contributed by atoms with van der Waals surface area (Å²) < 4.78 is 0. The summed E-state index contributed by atoms with van der Waals surface area (Å²) in [4.78, 5) is 23.9. The maximum Gasteiger partial charge on any atom is 0.225 e. The van der Waals surface area contributed by atoms with Crippen molar-refractivity contribution in [1.29, 1.82) is 0 Å². The molecule has 1 atom stereocenters. The highest BCUT2D eigenvalue weighted by atomic mass is 16.1. The van der Waals surface area contributed by atoms with E-state index in [9.17, 15) is 4.79 Å². The first-order valence-corrected chi connectivity index (χ1v) is 10.7. The van der Waals surface area contributed by atoms with Crippen molar-refractivity contribution < 1.29 is 4.79 Å². The Hall–Kier alpha value is -3.21. The van der Waals surface area contributed by atoms with Gasteiger partial charge in [0, 0.05) is 37.6 Å². The summed E-state index contributed by atoms with van der Waals surface area (Å²) >= 11 is 0. The third-order valence-electron chi connectivity index (χ3n) is 5.60. The molecule has 1 fully saturated rings. The Kier molecular flexibility index (Phi) is 6.70. The minimum atomic E-state index is -0.00660. The molecule has 154 valence electrons. The van der Waals surface area contributed by atoms with Gasteiger partial charge in [0.05, 0.1) is 5.92 Å². The highest BCUT2D eigenvalue weighted by molar-refractivity contribution is 5.79. The highest BCUT2D eigenvalue weighted by Crippen LogP contribution is 2.22. The molecule has 1 aliphatic heterocycles. The van der Waals surface area contributed by atoms with Crippen LogP contribution in [0.15, 0.2) is 73.1 Å². The van der Waals surface area contributed by atoms with Crippen molar-refractivity contribution >= 4 is 11.9 Å². The molecule has 1 saturated heterocycles. The first-order chi connectivity index (χ1) is 14.8. The number of nitrogens with zero attached hydrogens (tertiary/aromatic N) is 3. The van der Waals surface area contributed by atoms with Crippen LogP contribution in [0.5, 0.6) is 0 Å². The van der Waals surface area contributed by atoms with Gasteiger partial charge in [-0.05, 0) is 36.8 Å². The molecule has 5 heteroatoms. The average Bonchev–Trinajstić information content (AvgIpc) is 2.83. The predicted molar refractivity (Wildman–Crippen MR) is 120 cm³/mol. The van der Waals surface area contributed by atoms with Crippen LogP contribution in [-0.4, -0.2) is 35.5 Å². The van der Waals surface area contributed by atoms with Crippen LogP contribution in [0.1, 0.15) is 24.8 Å². The van der Waals surface area contributed by atoms with Crippen LogP contribution in [0.25, 0.3) is 11.1 Å². The van der Waals surface area contributed by atoms with E-state index in [2.05, 4.69) is 56.6 Å². The van der Waals surface area contributed by atoms with Gasteiger partial charge in [-0.15, -0.1) is 0 Å². The molecule has 0 radical (unpaired) electrons. The second-order valence-corrected chi connectivity index (χ2v) is 7.80. The number of carbonyl (C=O) groups excluding carboxylic acids is 1. The molecular formula is C25H28N4O. The molecule has 4 rings (SSSR count). The second-order valence-electron chi connectivity index (χ2n) is 7.80. The van der Waals surface area contributed by atoms with E-state index >= 15 is 0 Å². The SMILES string of the molecule is O=C(NCCCc1ccccc1)[C@H]1CCCN(c2ncc(-c3ccccc3)cn2)C1. The molecule has 0 aliphatic carbocycles. The predicted octanol–water partition coefficient (Wildman–Crippen LogP) is 4.11. The van der Waals surface area contributed by atoms with Gasteiger partial charge in [0.15, 0.2) is 0 Å².